The minimum atomic E-state index is -5.04. The molecule has 2 aromatic carbocycles. The fraction of sp³-hybridized carbons (Fsp3) is 0.250. The number of fused-ring (bicyclic) bond motifs is 1. The number of nitrogens with zero attached hydrogens (tertiary/aromatic N) is 1. The lowest BCUT2D eigenvalue weighted by Crippen LogP contribution is -2.31. The molecule has 0 bridgehead atoms. The van der Waals surface area contributed by atoms with Crippen LogP contribution < -0.4 is 9.44 Å². The van der Waals surface area contributed by atoms with Gasteiger partial charge in [-0.2, -0.15) is 13.2 Å². The number of furan rings is 1. The number of H-pyrrole nitrogens is 1. The summed E-state index contributed by atoms with van der Waals surface area (Å²) < 4.78 is 100. The van der Waals surface area contributed by atoms with Crippen molar-refractivity contribution in [1.82, 2.24) is 19.4 Å². The van der Waals surface area contributed by atoms with Gasteiger partial charge in [0.05, 0.1) is 23.5 Å². The molecular formula is C24H21F3N4O6S2. The summed E-state index contributed by atoms with van der Waals surface area (Å²) in [6.45, 7) is 1.21. The number of aryl methyl sites for hydroxylation is 1. The molecule has 1 fully saturated rings. The zero-order valence-electron chi connectivity index (χ0n) is 20.1. The molecule has 0 saturated carbocycles. The van der Waals surface area contributed by atoms with E-state index in [0.717, 1.165) is 6.07 Å². The number of benzene rings is 2. The molecule has 3 N–H and O–H groups in total. The summed E-state index contributed by atoms with van der Waals surface area (Å²) >= 11 is 0. The second kappa shape index (κ2) is 9.50. The van der Waals surface area contributed by atoms with Crippen LogP contribution in [-0.4, -0.2) is 32.7 Å². The molecule has 15 heteroatoms. The van der Waals surface area contributed by atoms with Crippen molar-refractivity contribution >= 4 is 37.0 Å². The highest BCUT2D eigenvalue weighted by Gasteiger charge is 2.43. The summed E-state index contributed by atoms with van der Waals surface area (Å²) in [4.78, 5) is 18.0. The van der Waals surface area contributed by atoms with Crippen LogP contribution in [0.25, 0.3) is 11.0 Å². The first-order chi connectivity index (χ1) is 18.2. The summed E-state index contributed by atoms with van der Waals surface area (Å²) in [5.74, 6) is -2.32. The highest BCUT2D eigenvalue weighted by molar-refractivity contribution is 7.90. The smallest absolute Gasteiger partial charge is 0.450 e. The number of halogens is 3. The predicted octanol–water partition coefficient (Wildman–Crippen LogP) is 3.64. The summed E-state index contributed by atoms with van der Waals surface area (Å²) in [5.41, 5.74) is 2.00. The molecule has 5 rings (SSSR count). The number of rotatable bonds is 7. The van der Waals surface area contributed by atoms with Gasteiger partial charge in [-0.15, -0.1) is 0 Å². The highest BCUT2D eigenvalue weighted by Crippen LogP contribution is 2.37. The van der Waals surface area contributed by atoms with Crippen molar-refractivity contribution in [3.63, 3.8) is 0 Å². The van der Waals surface area contributed by atoms with Gasteiger partial charge in [-0.05, 0) is 36.6 Å². The van der Waals surface area contributed by atoms with E-state index in [-0.39, 0.29) is 24.4 Å². The molecule has 0 aliphatic carbocycles. The third-order valence-electron chi connectivity index (χ3n) is 6.20. The van der Waals surface area contributed by atoms with Gasteiger partial charge in [0.25, 0.3) is 0 Å². The van der Waals surface area contributed by atoms with Crippen LogP contribution in [0.3, 0.4) is 0 Å². The van der Waals surface area contributed by atoms with Crippen molar-refractivity contribution in [1.29, 1.82) is 0 Å². The number of aromatic amines is 1. The number of hydrogen-bond acceptors (Lipinski definition) is 7. The Kier molecular flexibility index (Phi) is 6.55. The second-order valence-corrected chi connectivity index (χ2v) is 12.6. The minimum absolute atomic E-state index is 0.0495. The number of aromatic nitrogens is 2. The maximum atomic E-state index is 13.5. The molecule has 39 heavy (non-hydrogen) atoms. The van der Waals surface area contributed by atoms with Crippen molar-refractivity contribution in [2.75, 3.05) is 0 Å². The Morgan fingerprint density at radius 2 is 1.85 bits per heavy atom. The van der Waals surface area contributed by atoms with Crippen LogP contribution in [0, 0.1) is 6.92 Å². The minimum Gasteiger partial charge on any atom is -0.455 e. The molecule has 4 aromatic rings. The van der Waals surface area contributed by atoms with Crippen LogP contribution in [0.2, 0.25) is 0 Å². The number of sulfonamides is 2. The van der Waals surface area contributed by atoms with Crippen LogP contribution in [0.4, 0.5) is 13.2 Å². The predicted molar refractivity (Wildman–Crippen MR) is 132 cm³/mol. The summed E-state index contributed by atoms with van der Waals surface area (Å²) in [7, 11) is -8.61. The van der Waals surface area contributed by atoms with Crippen molar-refractivity contribution in [2.24, 2.45) is 0 Å². The average Bonchev–Trinajstić information content (AvgIpc) is 3.53. The van der Waals surface area contributed by atoms with Crippen molar-refractivity contribution in [3.05, 3.63) is 83.1 Å². The number of hydrogen-bond donors (Lipinski definition) is 3. The number of imidazole rings is 1. The van der Waals surface area contributed by atoms with Crippen molar-refractivity contribution in [3.8, 4) is 0 Å². The molecule has 1 aliphatic heterocycles. The fourth-order valence-electron chi connectivity index (χ4n) is 4.42. The summed E-state index contributed by atoms with van der Waals surface area (Å²) in [6.07, 6.45) is -5.32. The van der Waals surface area contributed by atoms with Crippen LogP contribution in [0.15, 0.2) is 63.9 Å². The first-order valence-corrected chi connectivity index (χ1v) is 14.5. The van der Waals surface area contributed by atoms with Gasteiger partial charge in [-0.25, -0.2) is 26.5 Å². The van der Waals surface area contributed by atoms with E-state index in [4.69, 9.17) is 0 Å². The number of carbonyl (C=O) groups is 1. The molecule has 2 aromatic heterocycles. The van der Waals surface area contributed by atoms with E-state index in [1.165, 1.54) is 19.1 Å². The lowest BCUT2D eigenvalue weighted by Gasteiger charge is -2.18. The molecule has 3 heterocycles. The number of alkyl halides is 3. The summed E-state index contributed by atoms with van der Waals surface area (Å²) in [6, 6.07) is 12.6. The van der Waals surface area contributed by atoms with E-state index < -0.39 is 54.1 Å². The van der Waals surface area contributed by atoms with E-state index in [2.05, 4.69) is 19.1 Å². The first kappa shape index (κ1) is 26.9. The Balaban J connectivity index is 1.49. The zero-order chi connectivity index (χ0) is 28.2. The topological polar surface area (TPSA) is 151 Å². The van der Waals surface area contributed by atoms with Crippen LogP contribution in [-0.2, 0) is 37.4 Å². The molecule has 1 amide bonds. The van der Waals surface area contributed by atoms with E-state index in [9.17, 15) is 34.8 Å². The Morgan fingerprint density at radius 1 is 1.15 bits per heavy atom. The first-order valence-electron chi connectivity index (χ1n) is 11.5. The standard InChI is InChI=1S/C24H21F3N4O6S2/c1-13-10-20(22(37-13)24(25,26)27)39(35,36)30-18(23-28-16-4-2-3-5-17(16)29-23)11-14-6-8-15(9-7-14)19-12-21(32)31-38(19,33)34/h2-10,18-19,30H,11-12H2,1H3,(H,28,29)(H,31,32)/t18-,19?/m0/s1. The average molecular weight is 583 g/mol. The van der Waals surface area contributed by atoms with E-state index in [0.29, 0.717) is 22.2 Å². The largest absolute Gasteiger partial charge is 0.455 e. The Morgan fingerprint density at radius 3 is 2.46 bits per heavy atom. The highest BCUT2D eigenvalue weighted by atomic mass is 32.2. The van der Waals surface area contributed by atoms with E-state index in [1.54, 1.807) is 36.4 Å². The number of nitrogens with one attached hydrogen (secondary N) is 3. The molecule has 10 nitrogen and oxygen atoms in total. The van der Waals surface area contributed by atoms with Gasteiger partial charge in [0.2, 0.25) is 31.7 Å². The number of amides is 1. The van der Waals surface area contributed by atoms with Crippen LogP contribution in [0.1, 0.15) is 46.2 Å². The van der Waals surface area contributed by atoms with Gasteiger partial charge in [0.1, 0.15) is 21.7 Å². The number of para-hydroxylation sites is 2. The fourth-order valence-corrected chi connectivity index (χ4v) is 7.27. The van der Waals surface area contributed by atoms with E-state index in [1.807, 2.05) is 4.72 Å². The van der Waals surface area contributed by atoms with Crippen molar-refractivity contribution in [2.45, 2.75) is 42.1 Å². The molecule has 1 saturated heterocycles. The maximum Gasteiger partial charge on any atom is 0.450 e. The number of carbonyl (C=O) groups excluding carboxylic acids is 1. The van der Waals surface area contributed by atoms with Gasteiger partial charge in [-0.3, -0.25) is 9.52 Å². The zero-order valence-corrected chi connectivity index (χ0v) is 21.7. The lowest BCUT2D eigenvalue weighted by molar-refractivity contribution is -0.155. The molecule has 1 aliphatic rings. The Labute approximate surface area is 220 Å². The van der Waals surface area contributed by atoms with Crippen LogP contribution in [0.5, 0.6) is 0 Å². The molecule has 2 atom stereocenters. The van der Waals surface area contributed by atoms with Gasteiger partial charge < -0.3 is 9.40 Å². The summed E-state index contributed by atoms with van der Waals surface area (Å²) in [5, 5.41) is -1.06. The maximum absolute atomic E-state index is 13.5. The quantitative estimate of drug-likeness (QED) is 0.301. The molecule has 1 unspecified atom stereocenters. The van der Waals surface area contributed by atoms with Gasteiger partial charge in [0.15, 0.2) is 0 Å². The Hall–Kier alpha value is -3.69. The van der Waals surface area contributed by atoms with Gasteiger partial charge in [0, 0.05) is 6.07 Å². The van der Waals surface area contributed by atoms with Crippen molar-refractivity contribution < 1.29 is 39.2 Å². The third-order valence-corrected chi connectivity index (χ3v) is 9.37. The monoisotopic (exact) mass is 582 g/mol. The molecular weight excluding hydrogens is 561 g/mol. The molecule has 0 radical (unpaired) electrons. The van der Waals surface area contributed by atoms with E-state index >= 15 is 0 Å². The van der Waals surface area contributed by atoms with Crippen LogP contribution >= 0.6 is 0 Å². The van der Waals surface area contributed by atoms with Gasteiger partial charge in [-0.1, -0.05) is 36.4 Å². The normalized spacial score (nSPS) is 18.4. The third kappa shape index (κ3) is 5.42. The SMILES string of the molecule is Cc1cc(S(=O)(=O)N[C@@H](Cc2ccc(C3CC(=O)NS3(=O)=O)cc2)c2nc3ccccc3[nH]2)c(C(F)(F)F)o1. The molecule has 0 spiro atoms. The second-order valence-electron chi connectivity index (χ2n) is 9.07. The lowest BCUT2D eigenvalue weighted by atomic mass is 10.0. The molecule has 206 valence electrons. The Bertz CT molecular complexity index is 1750. The van der Waals surface area contributed by atoms with Gasteiger partial charge >= 0.3 is 6.18 Å².